The van der Waals surface area contributed by atoms with Crippen molar-refractivity contribution in [2.75, 3.05) is 0 Å². The molecule has 0 N–H and O–H groups in total. The number of hydrogen-bond donors (Lipinski definition) is 0. The summed E-state index contributed by atoms with van der Waals surface area (Å²) in [5, 5.41) is 0. The van der Waals surface area contributed by atoms with Crippen LogP contribution in [0.4, 0.5) is 0 Å². The van der Waals surface area contributed by atoms with Gasteiger partial charge in [0.2, 0.25) is 0 Å². The molecule has 0 aromatic carbocycles. The standard InChI is InChI=1S/C9H16OTe/c1-4-5-6-11-9(3)7-8(2)10/h7H,4-6H2,1-3H3/b9-7-. The molecule has 0 heterocycles. The first-order valence-corrected chi connectivity index (χ1v) is 6.79. The molecule has 2 heteroatoms. The van der Waals surface area contributed by atoms with Gasteiger partial charge in [0.05, 0.1) is 0 Å². The van der Waals surface area contributed by atoms with Crippen LogP contribution in [0.3, 0.4) is 0 Å². The molecular weight excluding hydrogens is 252 g/mol. The van der Waals surface area contributed by atoms with Gasteiger partial charge >= 0.3 is 79.3 Å². The van der Waals surface area contributed by atoms with E-state index in [1.807, 2.05) is 0 Å². The van der Waals surface area contributed by atoms with Crippen molar-refractivity contribution in [1.29, 1.82) is 0 Å². The third-order valence-corrected chi connectivity index (χ3v) is 4.28. The van der Waals surface area contributed by atoms with E-state index in [0.29, 0.717) is 0 Å². The topological polar surface area (TPSA) is 17.1 Å². The van der Waals surface area contributed by atoms with Crippen LogP contribution >= 0.6 is 0 Å². The first-order valence-electron chi connectivity index (χ1n) is 3.98. The summed E-state index contributed by atoms with van der Waals surface area (Å²) in [4.78, 5) is 10.6. The second kappa shape index (κ2) is 6.88. The molecule has 0 saturated carbocycles. The molecule has 0 saturated heterocycles. The fourth-order valence-corrected chi connectivity index (χ4v) is 3.57. The van der Waals surface area contributed by atoms with E-state index in [1.165, 1.54) is 20.9 Å². The summed E-state index contributed by atoms with van der Waals surface area (Å²) in [6.45, 7) is 5.91. The number of hydrogen-bond acceptors (Lipinski definition) is 1. The Labute approximate surface area is 79.3 Å². The molecule has 0 rings (SSSR count). The Morgan fingerprint density at radius 1 is 1.45 bits per heavy atom. The zero-order valence-corrected chi connectivity index (χ0v) is 9.85. The van der Waals surface area contributed by atoms with Crippen LogP contribution in [0.25, 0.3) is 0 Å². The van der Waals surface area contributed by atoms with Crippen molar-refractivity contribution in [3.63, 3.8) is 0 Å². The van der Waals surface area contributed by atoms with Crippen molar-refractivity contribution in [3.05, 3.63) is 9.70 Å². The van der Waals surface area contributed by atoms with Gasteiger partial charge in [-0.3, -0.25) is 0 Å². The Morgan fingerprint density at radius 3 is 2.55 bits per heavy atom. The summed E-state index contributed by atoms with van der Waals surface area (Å²) < 4.78 is 2.69. The molecular formula is C9H16OTe. The molecule has 0 unspecified atom stereocenters. The van der Waals surface area contributed by atoms with Crippen LogP contribution in [0.2, 0.25) is 4.47 Å². The van der Waals surface area contributed by atoms with Crippen LogP contribution in [0.1, 0.15) is 33.6 Å². The van der Waals surface area contributed by atoms with E-state index in [9.17, 15) is 4.79 Å². The van der Waals surface area contributed by atoms with E-state index < -0.39 is 0 Å². The van der Waals surface area contributed by atoms with Crippen LogP contribution in [0.15, 0.2) is 9.70 Å². The Hall–Kier alpha value is 0.200. The van der Waals surface area contributed by atoms with Gasteiger partial charge in [0.1, 0.15) is 0 Å². The van der Waals surface area contributed by atoms with E-state index in [-0.39, 0.29) is 26.7 Å². The summed E-state index contributed by atoms with van der Waals surface area (Å²) >= 11 is -0.00393. The number of allylic oxidation sites excluding steroid dienone is 2. The number of carbonyl (C=O) groups excluding carboxylic acids is 1. The molecule has 0 aliphatic carbocycles. The van der Waals surface area contributed by atoms with Gasteiger partial charge in [-0.2, -0.15) is 0 Å². The van der Waals surface area contributed by atoms with Gasteiger partial charge in [-0.05, 0) is 0 Å². The fourth-order valence-electron chi connectivity index (χ4n) is 0.705. The van der Waals surface area contributed by atoms with Crippen LogP contribution in [0.5, 0.6) is 0 Å². The molecule has 64 valence electrons. The molecule has 0 aliphatic heterocycles. The molecule has 1 nitrogen and oxygen atoms in total. The molecule has 0 amide bonds. The van der Waals surface area contributed by atoms with Crippen molar-refractivity contribution in [3.8, 4) is 0 Å². The van der Waals surface area contributed by atoms with Gasteiger partial charge in [0.15, 0.2) is 0 Å². The summed E-state index contributed by atoms with van der Waals surface area (Å²) in [5.41, 5.74) is 0. The second-order valence-corrected chi connectivity index (χ2v) is 6.39. The third kappa shape index (κ3) is 8.10. The monoisotopic (exact) mass is 270 g/mol. The van der Waals surface area contributed by atoms with Crippen molar-refractivity contribution < 1.29 is 4.79 Å². The molecule has 11 heavy (non-hydrogen) atoms. The summed E-state index contributed by atoms with van der Waals surface area (Å²) in [5.74, 6) is 0.198. The molecule has 0 spiro atoms. The van der Waals surface area contributed by atoms with Crippen molar-refractivity contribution >= 4 is 26.7 Å². The van der Waals surface area contributed by atoms with E-state index in [4.69, 9.17) is 0 Å². The maximum absolute atomic E-state index is 10.6. The van der Waals surface area contributed by atoms with Crippen molar-refractivity contribution in [2.45, 2.75) is 38.1 Å². The molecule has 0 radical (unpaired) electrons. The molecule has 0 aromatic heterocycles. The molecule has 0 fully saturated rings. The Balaban J connectivity index is 3.51. The fraction of sp³-hybridized carbons (Fsp3) is 0.667. The predicted molar refractivity (Wildman–Crippen MR) is 49.9 cm³/mol. The first kappa shape index (κ1) is 11.2. The quantitative estimate of drug-likeness (QED) is 0.425. The van der Waals surface area contributed by atoms with Crippen LogP contribution < -0.4 is 0 Å². The van der Waals surface area contributed by atoms with Crippen molar-refractivity contribution in [2.24, 2.45) is 0 Å². The number of rotatable bonds is 5. The molecule has 0 aromatic rings. The Kier molecular flexibility index (Phi) is 7.01. The van der Waals surface area contributed by atoms with Crippen LogP contribution in [-0.2, 0) is 4.79 Å². The second-order valence-electron chi connectivity index (χ2n) is 2.57. The average Bonchev–Trinajstić information content (AvgIpc) is 1.86. The van der Waals surface area contributed by atoms with E-state index >= 15 is 0 Å². The average molecular weight is 268 g/mol. The zero-order valence-electron chi connectivity index (χ0n) is 7.52. The Bertz CT molecular complexity index is 150. The van der Waals surface area contributed by atoms with Gasteiger partial charge in [0, 0.05) is 0 Å². The normalized spacial score (nSPS) is 11.7. The van der Waals surface area contributed by atoms with Crippen molar-refractivity contribution in [1.82, 2.24) is 0 Å². The van der Waals surface area contributed by atoms with E-state index in [0.717, 1.165) is 0 Å². The van der Waals surface area contributed by atoms with Crippen LogP contribution in [0, 0.1) is 0 Å². The molecule has 0 atom stereocenters. The SMILES string of the molecule is CCCC[Te]/C(C)=C\C(C)=O. The number of unbranched alkanes of at least 4 members (excludes halogenated alkanes) is 1. The zero-order chi connectivity index (χ0) is 8.69. The Morgan fingerprint density at radius 2 is 2.09 bits per heavy atom. The summed E-state index contributed by atoms with van der Waals surface area (Å²) in [6, 6.07) is 0. The third-order valence-electron chi connectivity index (χ3n) is 1.23. The van der Waals surface area contributed by atoms with Gasteiger partial charge in [-0.25, -0.2) is 0 Å². The summed E-state index contributed by atoms with van der Waals surface area (Å²) in [6.07, 6.45) is 4.39. The van der Waals surface area contributed by atoms with Crippen LogP contribution in [-0.4, -0.2) is 26.7 Å². The number of ketones is 1. The first-order chi connectivity index (χ1) is 5.16. The minimum absolute atomic E-state index is 0.00393. The van der Waals surface area contributed by atoms with Gasteiger partial charge in [-0.1, -0.05) is 0 Å². The van der Waals surface area contributed by atoms with Gasteiger partial charge in [-0.15, -0.1) is 0 Å². The predicted octanol–water partition coefficient (Wildman–Crippen LogP) is 2.40. The van der Waals surface area contributed by atoms with E-state index in [1.54, 1.807) is 13.0 Å². The molecule has 0 bridgehead atoms. The number of carbonyl (C=O) groups is 1. The van der Waals surface area contributed by atoms with Gasteiger partial charge in [0.25, 0.3) is 0 Å². The maximum atomic E-state index is 10.6. The van der Waals surface area contributed by atoms with E-state index in [2.05, 4.69) is 13.8 Å². The summed E-state index contributed by atoms with van der Waals surface area (Å²) in [7, 11) is 0. The van der Waals surface area contributed by atoms with Gasteiger partial charge < -0.3 is 0 Å². The minimum atomic E-state index is -0.00393. The molecule has 0 aliphatic rings.